The van der Waals surface area contributed by atoms with Crippen LogP contribution in [0.1, 0.15) is 30.4 Å². The van der Waals surface area contributed by atoms with E-state index in [2.05, 4.69) is 21.8 Å². The SMILES string of the molecule is CCCN1Cc2nc(CCN)[nH]c(=O)c2C1. The van der Waals surface area contributed by atoms with Gasteiger partial charge in [-0.2, -0.15) is 0 Å². The Morgan fingerprint density at radius 2 is 2.31 bits per heavy atom. The molecule has 0 aliphatic carbocycles. The van der Waals surface area contributed by atoms with Crippen LogP contribution in [0.2, 0.25) is 0 Å². The van der Waals surface area contributed by atoms with Gasteiger partial charge in [-0.1, -0.05) is 6.92 Å². The lowest BCUT2D eigenvalue weighted by Crippen LogP contribution is -2.20. The van der Waals surface area contributed by atoms with Crippen molar-refractivity contribution in [1.82, 2.24) is 14.9 Å². The highest BCUT2D eigenvalue weighted by atomic mass is 16.1. The molecule has 0 aromatic carbocycles. The molecule has 2 rings (SSSR count). The van der Waals surface area contributed by atoms with Crippen LogP contribution in [0.25, 0.3) is 0 Å². The minimum Gasteiger partial charge on any atom is -0.330 e. The molecule has 0 atom stereocenters. The van der Waals surface area contributed by atoms with Gasteiger partial charge in [-0.25, -0.2) is 4.98 Å². The van der Waals surface area contributed by atoms with E-state index in [9.17, 15) is 4.79 Å². The zero-order valence-corrected chi connectivity index (χ0v) is 9.62. The molecular formula is C11H18N4O. The first-order valence-corrected chi connectivity index (χ1v) is 5.78. The molecule has 0 radical (unpaired) electrons. The smallest absolute Gasteiger partial charge is 0.255 e. The maximum atomic E-state index is 11.8. The highest BCUT2D eigenvalue weighted by Crippen LogP contribution is 2.17. The van der Waals surface area contributed by atoms with Gasteiger partial charge in [-0.15, -0.1) is 0 Å². The standard InChI is InChI=1S/C11H18N4O/c1-2-5-15-6-8-9(7-15)13-10(3-4-12)14-11(8)16/h2-7,12H2,1H3,(H,13,14,16). The molecule has 88 valence electrons. The summed E-state index contributed by atoms with van der Waals surface area (Å²) in [4.78, 5) is 21.3. The van der Waals surface area contributed by atoms with Crippen LogP contribution in [0, 0.1) is 0 Å². The second kappa shape index (κ2) is 4.76. The van der Waals surface area contributed by atoms with Crippen molar-refractivity contribution in [2.24, 2.45) is 5.73 Å². The second-order valence-corrected chi connectivity index (χ2v) is 4.19. The molecule has 1 aliphatic heterocycles. The van der Waals surface area contributed by atoms with Crippen LogP contribution in [0.4, 0.5) is 0 Å². The molecule has 0 saturated carbocycles. The molecule has 16 heavy (non-hydrogen) atoms. The Hall–Kier alpha value is -1.20. The third-order valence-corrected chi connectivity index (χ3v) is 2.83. The first-order valence-electron chi connectivity index (χ1n) is 5.78. The summed E-state index contributed by atoms with van der Waals surface area (Å²) < 4.78 is 0. The average molecular weight is 222 g/mol. The Balaban J connectivity index is 2.24. The molecule has 1 aliphatic rings. The predicted octanol–water partition coefficient (Wildman–Crippen LogP) is -0.00330. The molecule has 0 spiro atoms. The van der Waals surface area contributed by atoms with Crippen molar-refractivity contribution in [1.29, 1.82) is 0 Å². The van der Waals surface area contributed by atoms with Crippen LogP contribution in [0.3, 0.4) is 0 Å². The number of fused-ring (bicyclic) bond motifs is 1. The molecule has 0 saturated heterocycles. The fourth-order valence-corrected chi connectivity index (χ4v) is 2.11. The van der Waals surface area contributed by atoms with Gasteiger partial charge in [0.2, 0.25) is 0 Å². The van der Waals surface area contributed by atoms with Gasteiger partial charge in [0.1, 0.15) is 5.82 Å². The number of nitrogens with two attached hydrogens (primary N) is 1. The summed E-state index contributed by atoms with van der Waals surface area (Å²) in [6.45, 7) is 5.20. The maximum absolute atomic E-state index is 11.8. The first kappa shape index (κ1) is 11.3. The molecule has 2 heterocycles. The summed E-state index contributed by atoms with van der Waals surface area (Å²) in [6.07, 6.45) is 1.73. The molecule has 0 unspecified atom stereocenters. The zero-order chi connectivity index (χ0) is 11.5. The predicted molar refractivity (Wildman–Crippen MR) is 62.0 cm³/mol. The first-order chi connectivity index (χ1) is 7.74. The summed E-state index contributed by atoms with van der Waals surface area (Å²) in [5.74, 6) is 0.713. The Morgan fingerprint density at radius 1 is 1.50 bits per heavy atom. The van der Waals surface area contributed by atoms with Gasteiger partial charge in [-0.05, 0) is 19.5 Å². The quantitative estimate of drug-likeness (QED) is 0.751. The number of nitrogens with one attached hydrogen (secondary N) is 1. The van der Waals surface area contributed by atoms with Crippen LogP contribution < -0.4 is 11.3 Å². The van der Waals surface area contributed by atoms with Gasteiger partial charge in [0.25, 0.3) is 5.56 Å². The molecule has 1 aromatic rings. The van der Waals surface area contributed by atoms with Crippen molar-refractivity contribution in [2.75, 3.05) is 13.1 Å². The number of hydrogen-bond acceptors (Lipinski definition) is 4. The number of rotatable bonds is 4. The fourth-order valence-electron chi connectivity index (χ4n) is 2.11. The summed E-state index contributed by atoms with van der Waals surface area (Å²) in [5, 5.41) is 0. The van der Waals surface area contributed by atoms with Crippen LogP contribution in [0.5, 0.6) is 0 Å². The van der Waals surface area contributed by atoms with E-state index in [1.165, 1.54) is 0 Å². The molecule has 1 aromatic heterocycles. The van der Waals surface area contributed by atoms with E-state index in [0.717, 1.165) is 37.3 Å². The second-order valence-electron chi connectivity index (χ2n) is 4.19. The summed E-state index contributed by atoms with van der Waals surface area (Å²) >= 11 is 0. The fraction of sp³-hybridized carbons (Fsp3) is 0.636. The van der Waals surface area contributed by atoms with E-state index in [-0.39, 0.29) is 5.56 Å². The largest absolute Gasteiger partial charge is 0.330 e. The highest BCUT2D eigenvalue weighted by molar-refractivity contribution is 5.22. The van der Waals surface area contributed by atoms with Gasteiger partial charge in [-0.3, -0.25) is 9.69 Å². The Bertz CT molecular complexity index is 426. The number of H-pyrrole nitrogens is 1. The van der Waals surface area contributed by atoms with Crippen molar-refractivity contribution in [3.8, 4) is 0 Å². The van der Waals surface area contributed by atoms with E-state index in [4.69, 9.17) is 5.73 Å². The van der Waals surface area contributed by atoms with Crippen molar-refractivity contribution in [2.45, 2.75) is 32.9 Å². The van der Waals surface area contributed by atoms with Crippen LogP contribution in [-0.2, 0) is 19.5 Å². The monoisotopic (exact) mass is 222 g/mol. The van der Waals surface area contributed by atoms with Crippen molar-refractivity contribution < 1.29 is 0 Å². The Kier molecular flexibility index (Phi) is 3.36. The van der Waals surface area contributed by atoms with Crippen LogP contribution in [-0.4, -0.2) is 28.0 Å². The number of aromatic nitrogens is 2. The van der Waals surface area contributed by atoms with E-state index in [1.807, 2.05) is 0 Å². The summed E-state index contributed by atoms with van der Waals surface area (Å²) in [7, 11) is 0. The zero-order valence-electron chi connectivity index (χ0n) is 9.62. The minimum atomic E-state index is 0.00653. The van der Waals surface area contributed by atoms with E-state index in [1.54, 1.807) is 0 Å². The summed E-state index contributed by atoms with van der Waals surface area (Å²) in [6, 6.07) is 0. The van der Waals surface area contributed by atoms with Gasteiger partial charge >= 0.3 is 0 Å². The lowest BCUT2D eigenvalue weighted by atomic mass is 10.2. The third-order valence-electron chi connectivity index (χ3n) is 2.83. The maximum Gasteiger partial charge on any atom is 0.255 e. The molecule has 3 N–H and O–H groups in total. The third kappa shape index (κ3) is 2.15. The topological polar surface area (TPSA) is 75.0 Å². The molecule has 5 nitrogen and oxygen atoms in total. The van der Waals surface area contributed by atoms with Gasteiger partial charge in [0.05, 0.1) is 11.3 Å². The molecule has 5 heteroatoms. The van der Waals surface area contributed by atoms with Gasteiger partial charge in [0, 0.05) is 19.5 Å². The van der Waals surface area contributed by atoms with E-state index < -0.39 is 0 Å². The van der Waals surface area contributed by atoms with Crippen LogP contribution in [0.15, 0.2) is 4.79 Å². The number of nitrogens with zero attached hydrogens (tertiary/aromatic N) is 2. The van der Waals surface area contributed by atoms with E-state index in [0.29, 0.717) is 18.8 Å². The van der Waals surface area contributed by atoms with E-state index >= 15 is 0 Å². The molecular weight excluding hydrogens is 204 g/mol. The molecule has 0 fully saturated rings. The van der Waals surface area contributed by atoms with Crippen LogP contribution >= 0.6 is 0 Å². The Morgan fingerprint density at radius 3 is 3.00 bits per heavy atom. The summed E-state index contributed by atoms with van der Waals surface area (Å²) in [5.41, 5.74) is 7.22. The highest BCUT2D eigenvalue weighted by Gasteiger charge is 2.22. The van der Waals surface area contributed by atoms with Crippen molar-refractivity contribution in [3.05, 3.63) is 27.4 Å². The van der Waals surface area contributed by atoms with Crippen molar-refractivity contribution >= 4 is 0 Å². The normalized spacial score (nSPS) is 15.4. The lowest BCUT2D eigenvalue weighted by molar-refractivity contribution is 0.283. The lowest BCUT2D eigenvalue weighted by Gasteiger charge is -2.11. The molecule has 0 amide bonds. The number of aromatic amines is 1. The van der Waals surface area contributed by atoms with Gasteiger partial charge < -0.3 is 10.7 Å². The Labute approximate surface area is 94.7 Å². The molecule has 0 bridgehead atoms. The minimum absolute atomic E-state index is 0.00653. The number of hydrogen-bond donors (Lipinski definition) is 2. The van der Waals surface area contributed by atoms with Crippen molar-refractivity contribution in [3.63, 3.8) is 0 Å². The average Bonchev–Trinajstić information content (AvgIpc) is 2.62. The van der Waals surface area contributed by atoms with Gasteiger partial charge in [0.15, 0.2) is 0 Å².